The van der Waals surface area contributed by atoms with Crippen LogP contribution in [0.4, 0.5) is 0 Å². The highest BCUT2D eigenvalue weighted by atomic mass is 16.5. The first-order chi connectivity index (χ1) is 16.2. The van der Waals surface area contributed by atoms with Gasteiger partial charge in [0.1, 0.15) is 17.3 Å². The molecule has 0 saturated carbocycles. The molecule has 0 aliphatic rings. The van der Waals surface area contributed by atoms with Crippen LogP contribution >= 0.6 is 0 Å². The van der Waals surface area contributed by atoms with Crippen molar-refractivity contribution in [2.75, 3.05) is 20.8 Å². The van der Waals surface area contributed by atoms with E-state index < -0.39 is 0 Å². The Kier molecular flexibility index (Phi) is 7.25. The summed E-state index contributed by atoms with van der Waals surface area (Å²) in [6.07, 6.45) is 3.05. The van der Waals surface area contributed by atoms with Crippen molar-refractivity contribution in [2.45, 2.75) is 25.7 Å². The number of para-hydroxylation sites is 1. The van der Waals surface area contributed by atoms with Crippen LogP contribution in [0.25, 0.3) is 28.1 Å². The van der Waals surface area contributed by atoms with Crippen molar-refractivity contribution in [3.8, 4) is 28.6 Å². The molecule has 0 saturated heterocycles. The highest BCUT2D eigenvalue weighted by Crippen LogP contribution is 2.31. The summed E-state index contributed by atoms with van der Waals surface area (Å²) in [5.41, 5.74) is 3.92. The number of hydrogen-bond donors (Lipinski definition) is 0. The molecule has 0 N–H and O–H groups in total. The fourth-order valence-corrected chi connectivity index (χ4v) is 3.76. The Morgan fingerprint density at radius 2 is 1.64 bits per heavy atom. The van der Waals surface area contributed by atoms with Gasteiger partial charge in [0.25, 0.3) is 0 Å². The van der Waals surface area contributed by atoms with E-state index in [1.807, 2.05) is 60.7 Å². The van der Waals surface area contributed by atoms with Crippen LogP contribution in [0.1, 0.15) is 25.7 Å². The minimum atomic E-state index is -0.164. The van der Waals surface area contributed by atoms with E-state index in [9.17, 15) is 4.79 Å². The summed E-state index contributed by atoms with van der Waals surface area (Å²) in [5.74, 6) is 2.30. The van der Waals surface area contributed by atoms with Crippen molar-refractivity contribution >= 4 is 17.0 Å². The van der Waals surface area contributed by atoms with Crippen LogP contribution in [-0.4, -0.2) is 36.3 Å². The van der Waals surface area contributed by atoms with E-state index in [0.29, 0.717) is 13.0 Å². The molecule has 170 valence electrons. The normalized spacial score (nSPS) is 10.8. The number of fused-ring (bicyclic) bond motifs is 1. The predicted octanol–water partition coefficient (Wildman–Crippen LogP) is 5.81. The smallest absolute Gasteiger partial charge is 0.305 e. The van der Waals surface area contributed by atoms with E-state index in [0.717, 1.165) is 58.9 Å². The van der Waals surface area contributed by atoms with Crippen molar-refractivity contribution in [3.63, 3.8) is 0 Å². The molecule has 0 spiro atoms. The molecule has 3 aromatic carbocycles. The second kappa shape index (κ2) is 10.7. The third kappa shape index (κ3) is 5.34. The monoisotopic (exact) mass is 444 g/mol. The van der Waals surface area contributed by atoms with E-state index in [4.69, 9.17) is 14.5 Å². The van der Waals surface area contributed by atoms with Gasteiger partial charge in [-0.25, -0.2) is 4.98 Å². The number of carbonyl (C=O) groups is 1. The number of imidazole rings is 1. The largest absolute Gasteiger partial charge is 0.497 e. The Hall–Kier alpha value is -3.80. The zero-order chi connectivity index (χ0) is 23.0. The summed E-state index contributed by atoms with van der Waals surface area (Å²) in [5, 5.41) is 0. The number of carbonyl (C=O) groups excluding carboxylic acids is 1. The molecule has 0 unspecified atom stereocenters. The van der Waals surface area contributed by atoms with Gasteiger partial charge in [0.15, 0.2) is 0 Å². The summed E-state index contributed by atoms with van der Waals surface area (Å²) in [4.78, 5) is 16.1. The number of methoxy groups -OCH3 is 2. The van der Waals surface area contributed by atoms with Gasteiger partial charge in [0.05, 0.1) is 31.9 Å². The molecule has 0 aliphatic carbocycles. The molecular weight excluding hydrogens is 416 g/mol. The minimum absolute atomic E-state index is 0.164. The first-order valence-corrected chi connectivity index (χ1v) is 11.1. The molecule has 0 atom stereocenters. The number of benzene rings is 3. The Labute approximate surface area is 193 Å². The lowest BCUT2D eigenvalue weighted by molar-refractivity contribution is -0.140. The summed E-state index contributed by atoms with van der Waals surface area (Å²) >= 11 is 0. The van der Waals surface area contributed by atoms with Crippen LogP contribution in [0, 0.1) is 0 Å². The second-order valence-electron chi connectivity index (χ2n) is 7.72. The van der Waals surface area contributed by atoms with E-state index in [1.54, 1.807) is 7.11 Å². The lowest BCUT2D eigenvalue weighted by atomic mass is 10.2. The third-order valence-corrected chi connectivity index (χ3v) is 5.51. The Balaban J connectivity index is 1.58. The van der Waals surface area contributed by atoms with Crippen molar-refractivity contribution in [3.05, 3.63) is 72.8 Å². The maximum atomic E-state index is 11.2. The van der Waals surface area contributed by atoms with Gasteiger partial charge in [0.2, 0.25) is 0 Å². The molecule has 0 bridgehead atoms. The predicted molar refractivity (Wildman–Crippen MR) is 129 cm³/mol. The highest BCUT2D eigenvalue weighted by Gasteiger charge is 2.15. The molecule has 0 aliphatic heterocycles. The fourth-order valence-electron chi connectivity index (χ4n) is 3.76. The zero-order valence-electron chi connectivity index (χ0n) is 19.0. The number of hydrogen-bond acceptors (Lipinski definition) is 5. The molecule has 33 heavy (non-hydrogen) atoms. The lowest BCUT2D eigenvalue weighted by Crippen LogP contribution is -2.01. The molecule has 6 heteroatoms. The topological polar surface area (TPSA) is 62.6 Å². The van der Waals surface area contributed by atoms with Crippen molar-refractivity contribution in [2.24, 2.45) is 0 Å². The van der Waals surface area contributed by atoms with E-state index in [-0.39, 0.29) is 5.97 Å². The van der Waals surface area contributed by atoms with E-state index in [2.05, 4.69) is 21.4 Å². The summed E-state index contributed by atoms with van der Waals surface area (Å²) in [6, 6.07) is 24.1. The van der Waals surface area contributed by atoms with Gasteiger partial charge < -0.3 is 14.2 Å². The zero-order valence-corrected chi connectivity index (χ0v) is 19.0. The number of esters is 1. The molecule has 1 heterocycles. The standard InChI is InChI=1S/C27H28N2O4/c1-31-22-14-12-20(13-15-22)27-28-24-17-16-23(33-18-8-4-7-11-26(30)32-2)19-25(24)29(27)21-9-5-3-6-10-21/h3,5-6,9-10,12-17,19H,4,7-8,11,18H2,1-2H3. The number of rotatable bonds is 10. The van der Waals surface area contributed by atoms with Crippen LogP contribution in [0.2, 0.25) is 0 Å². The fraction of sp³-hybridized carbons (Fsp3) is 0.259. The van der Waals surface area contributed by atoms with Gasteiger partial charge in [-0.3, -0.25) is 9.36 Å². The van der Waals surface area contributed by atoms with Crippen molar-refractivity contribution < 1.29 is 19.0 Å². The van der Waals surface area contributed by atoms with Crippen LogP contribution in [-0.2, 0) is 9.53 Å². The lowest BCUT2D eigenvalue weighted by Gasteiger charge is -2.11. The maximum absolute atomic E-state index is 11.2. The van der Waals surface area contributed by atoms with Gasteiger partial charge in [-0.1, -0.05) is 18.2 Å². The number of aromatic nitrogens is 2. The second-order valence-corrected chi connectivity index (χ2v) is 7.72. The summed E-state index contributed by atoms with van der Waals surface area (Å²) in [6.45, 7) is 0.595. The van der Waals surface area contributed by atoms with Gasteiger partial charge in [-0.05, 0) is 67.8 Å². The minimum Gasteiger partial charge on any atom is -0.497 e. The summed E-state index contributed by atoms with van der Waals surface area (Å²) < 4.78 is 18.1. The van der Waals surface area contributed by atoms with Gasteiger partial charge in [-0.15, -0.1) is 0 Å². The average molecular weight is 445 g/mol. The SMILES string of the molecule is COC(=O)CCCCCOc1ccc2nc(-c3ccc(OC)cc3)n(-c3ccccc3)c2c1. The van der Waals surface area contributed by atoms with Gasteiger partial charge in [-0.2, -0.15) is 0 Å². The highest BCUT2D eigenvalue weighted by molar-refractivity contribution is 5.84. The van der Waals surface area contributed by atoms with Gasteiger partial charge in [0, 0.05) is 23.7 Å². The Morgan fingerprint density at radius 1 is 0.879 bits per heavy atom. The molecule has 1 aromatic heterocycles. The maximum Gasteiger partial charge on any atom is 0.305 e. The molecular formula is C27H28N2O4. The number of unbranched alkanes of at least 4 members (excludes halogenated alkanes) is 2. The van der Waals surface area contributed by atoms with Crippen LogP contribution < -0.4 is 9.47 Å². The molecule has 6 nitrogen and oxygen atoms in total. The quantitative estimate of drug-likeness (QED) is 0.228. The third-order valence-electron chi connectivity index (χ3n) is 5.51. The molecule has 4 aromatic rings. The first-order valence-electron chi connectivity index (χ1n) is 11.1. The molecule has 0 fully saturated rings. The molecule has 0 amide bonds. The van der Waals surface area contributed by atoms with E-state index in [1.165, 1.54) is 7.11 Å². The average Bonchev–Trinajstić information content (AvgIpc) is 3.25. The van der Waals surface area contributed by atoms with Gasteiger partial charge >= 0.3 is 5.97 Å². The van der Waals surface area contributed by atoms with Crippen LogP contribution in [0.3, 0.4) is 0 Å². The van der Waals surface area contributed by atoms with Crippen LogP contribution in [0.5, 0.6) is 11.5 Å². The van der Waals surface area contributed by atoms with Crippen molar-refractivity contribution in [1.82, 2.24) is 9.55 Å². The first kappa shape index (κ1) is 22.4. The number of ether oxygens (including phenoxy) is 3. The Morgan fingerprint density at radius 3 is 2.36 bits per heavy atom. The molecule has 0 radical (unpaired) electrons. The van der Waals surface area contributed by atoms with Crippen LogP contribution in [0.15, 0.2) is 72.8 Å². The summed E-state index contributed by atoms with van der Waals surface area (Å²) in [7, 11) is 3.08. The van der Waals surface area contributed by atoms with Crippen molar-refractivity contribution in [1.29, 1.82) is 0 Å². The molecule has 4 rings (SSSR count). The number of nitrogens with zero attached hydrogens (tertiary/aromatic N) is 2. The Bertz CT molecular complexity index is 1200. The van der Waals surface area contributed by atoms with E-state index >= 15 is 0 Å².